The van der Waals surface area contributed by atoms with Crippen LogP contribution in [0.25, 0.3) is 0 Å². The fourth-order valence-corrected chi connectivity index (χ4v) is 3.78. The highest BCUT2D eigenvalue weighted by atomic mass is 79.9. The Hall–Kier alpha value is -0.900. The van der Waals surface area contributed by atoms with Crippen LogP contribution in [0.15, 0.2) is 22.7 Å². The number of rotatable bonds is 1. The number of carbonyl (C=O) groups is 1. The Morgan fingerprint density at radius 1 is 1.16 bits per heavy atom. The molecule has 4 heteroatoms. The standard InChI is InChI=1S/C15H17BrFNO/c16-11-4-5-13(12(17)10-11)18-9-8-15(14(18)19)6-2-1-3-7-15/h4-5,10H,1-3,6-9H2. The molecule has 2 aliphatic rings. The smallest absolute Gasteiger partial charge is 0.233 e. The zero-order valence-electron chi connectivity index (χ0n) is 10.8. The molecule has 0 N–H and O–H groups in total. The molecule has 0 aromatic heterocycles. The van der Waals surface area contributed by atoms with E-state index in [1.54, 1.807) is 17.0 Å². The fraction of sp³-hybridized carbons (Fsp3) is 0.533. The van der Waals surface area contributed by atoms with Gasteiger partial charge in [0.25, 0.3) is 0 Å². The third-order valence-electron chi connectivity index (χ3n) is 4.52. The number of anilines is 1. The lowest BCUT2D eigenvalue weighted by atomic mass is 9.73. The molecule has 102 valence electrons. The van der Waals surface area contributed by atoms with E-state index in [0.717, 1.165) is 32.1 Å². The molecular formula is C15H17BrFNO. The van der Waals surface area contributed by atoms with Crippen LogP contribution < -0.4 is 4.90 Å². The topological polar surface area (TPSA) is 20.3 Å². The molecule has 2 fully saturated rings. The Bertz CT molecular complexity index is 511. The summed E-state index contributed by atoms with van der Waals surface area (Å²) in [5, 5.41) is 0. The summed E-state index contributed by atoms with van der Waals surface area (Å²) in [6.07, 6.45) is 6.30. The first-order valence-electron chi connectivity index (χ1n) is 6.89. The average molecular weight is 326 g/mol. The van der Waals surface area contributed by atoms with Crippen molar-refractivity contribution in [2.45, 2.75) is 38.5 Å². The zero-order valence-corrected chi connectivity index (χ0v) is 12.4. The normalized spacial score (nSPS) is 22.2. The summed E-state index contributed by atoms with van der Waals surface area (Å²) < 4.78 is 14.7. The van der Waals surface area contributed by atoms with Crippen molar-refractivity contribution >= 4 is 27.5 Å². The first-order chi connectivity index (χ1) is 9.12. The van der Waals surface area contributed by atoms with Crippen LogP contribution in [-0.2, 0) is 4.79 Å². The van der Waals surface area contributed by atoms with E-state index in [1.807, 2.05) is 0 Å². The Balaban J connectivity index is 1.89. The maximum absolute atomic E-state index is 14.0. The first-order valence-corrected chi connectivity index (χ1v) is 7.69. The van der Waals surface area contributed by atoms with Crippen molar-refractivity contribution in [2.24, 2.45) is 5.41 Å². The molecule has 0 radical (unpaired) electrons. The lowest BCUT2D eigenvalue weighted by Crippen LogP contribution is -2.36. The second-order valence-corrected chi connectivity index (χ2v) is 6.56. The monoisotopic (exact) mass is 325 g/mol. The van der Waals surface area contributed by atoms with Crippen molar-refractivity contribution in [1.82, 2.24) is 0 Å². The number of hydrogen-bond donors (Lipinski definition) is 0. The quantitative estimate of drug-likeness (QED) is 0.754. The van der Waals surface area contributed by atoms with Crippen LogP contribution in [0.3, 0.4) is 0 Å². The van der Waals surface area contributed by atoms with Crippen LogP contribution in [0.5, 0.6) is 0 Å². The number of carbonyl (C=O) groups excluding carboxylic acids is 1. The number of halogens is 2. The Morgan fingerprint density at radius 3 is 2.58 bits per heavy atom. The van der Waals surface area contributed by atoms with Gasteiger partial charge in [0.15, 0.2) is 0 Å². The fourth-order valence-electron chi connectivity index (χ4n) is 3.44. The molecule has 1 saturated heterocycles. The predicted molar refractivity (Wildman–Crippen MR) is 76.6 cm³/mol. The highest BCUT2D eigenvalue weighted by Gasteiger charge is 2.47. The summed E-state index contributed by atoms with van der Waals surface area (Å²) in [5.41, 5.74) is 0.230. The van der Waals surface area contributed by atoms with E-state index in [0.29, 0.717) is 16.7 Å². The van der Waals surface area contributed by atoms with Crippen LogP contribution in [-0.4, -0.2) is 12.5 Å². The molecule has 1 saturated carbocycles. The van der Waals surface area contributed by atoms with Gasteiger partial charge < -0.3 is 4.90 Å². The molecule has 1 heterocycles. The largest absolute Gasteiger partial charge is 0.309 e. The van der Waals surface area contributed by atoms with Crippen molar-refractivity contribution in [3.63, 3.8) is 0 Å². The summed E-state index contributed by atoms with van der Waals surface area (Å²) in [6, 6.07) is 4.91. The van der Waals surface area contributed by atoms with Gasteiger partial charge in [-0.05, 0) is 37.5 Å². The SMILES string of the molecule is O=C1N(c2ccc(Br)cc2F)CCC12CCCCC2. The highest BCUT2D eigenvalue weighted by Crippen LogP contribution is 2.46. The molecule has 1 aliphatic heterocycles. The van der Waals surface area contributed by atoms with Crippen LogP contribution in [0.4, 0.5) is 10.1 Å². The highest BCUT2D eigenvalue weighted by molar-refractivity contribution is 9.10. The van der Waals surface area contributed by atoms with Gasteiger partial charge in [-0.2, -0.15) is 0 Å². The van der Waals surface area contributed by atoms with Gasteiger partial charge in [0, 0.05) is 11.0 Å². The van der Waals surface area contributed by atoms with E-state index in [4.69, 9.17) is 0 Å². The van der Waals surface area contributed by atoms with E-state index in [2.05, 4.69) is 15.9 Å². The van der Waals surface area contributed by atoms with Crippen molar-refractivity contribution in [3.05, 3.63) is 28.5 Å². The van der Waals surface area contributed by atoms with Crippen LogP contribution in [0, 0.1) is 11.2 Å². The minimum Gasteiger partial charge on any atom is -0.309 e. The second-order valence-electron chi connectivity index (χ2n) is 5.64. The molecule has 1 aromatic rings. The lowest BCUT2D eigenvalue weighted by molar-refractivity contribution is -0.127. The van der Waals surface area contributed by atoms with Crippen molar-refractivity contribution in [3.8, 4) is 0 Å². The average Bonchev–Trinajstić information content (AvgIpc) is 2.69. The Morgan fingerprint density at radius 2 is 1.89 bits per heavy atom. The summed E-state index contributed by atoms with van der Waals surface area (Å²) in [6.45, 7) is 0.650. The zero-order chi connectivity index (χ0) is 13.5. The van der Waals surface area contributed by atoms with Crippen molar-refractivity contribution in [1.29, 1.82) is 0 Å². The number of hydrogen-bond acceptors (Lipinski definition) is 1. The van der Waals surface area contributed by atoms with E-state index in [1.165, 1.54) is 12.5 Å². The molecule has 0 atom stereocenters. The molecule has 1 spiro atoms. The third-order valence-corrected chi connectivity index (χ3v) is 5.02. The Labute approximate surface area is 121 Å². The Kier molecular flexibility index (Phi) is 3.37. The summed E-state index contributed by atoms with van der Waals surface area (Å²) in [4.78, 5) is 14.3. The number of benzene rings is 1. The van der Waals surface area contributed by atoms with E-state index in [9.17, 15) is 9.18 Å². The predicted octanol–water partition coefficient (Wildman–Crippen LogP) is 4.28. The maximum atomic E-state index is 14.0. The molecule has 0 bridgehead atoms. The molecule has 0 unspecified atom stereocenters. The molecular weight excluding hydrogens is 309 g/mol. The maximum Gasteiger partial charge on any atom is 0.233 e. The van der Waals surface area contributed by atoms with Gasteiger partial charge in [0.1, 0.15) is 5.82 Å². The van der Waals surface area contributed by atoms with Gasteiger partial charge in [-0.15, -0.1) is 0 Å². The van der Waals surface area contributed by atoms with Gasteiger partial charge in [-0.1, -0.05) is 35.2 Å². The van der Waals surface area contributed by atoms with Crippen molar-refractivity contribution in [2.75, 3.05) is 11.4 Å². The summed E-state index contributed by atoms with van der Waals surface area (Å²) in [5.74, 6) is -0.191. The molecule has 19 heavy (non-hydrogen) atoms. The minimum atomic E-state index is -0.324. The molecule has 3 rings (SSSR count). The molecule has 2 nitrogen and oxygen atoms in total. The van der Waals surface area contributed by atoms with Gasteiger partial charge in [-0.25, -0.2) is 4.39 Å². The molecule has 1 amide bonds. The van der Waals surface area contributed by atoms with Crippen LogP contribution in [0.1, 0.15) is 38.5 Å². The van der Waals surface area contributed by atoms with E-state index < -0.39 is 0 Å². The number of nitrogens with zero attached hydrogens (tertiary/aromatic N) is 1. The third kappa shape index (κ3) is 2.20. The van der Waals surface area contributed by atoms with Gasteiger partial charge in [-0.3, -0.25) is 4.79 Å². The first kappa shape index (κ1) is 13.1. The van der Waals surface area contributed by atoms with Gasteiger partial charge in [0.2, 0.25) is 5.91 Å². The van der Waals surface area contributed by atoms with Crippen LogP contribution in [0.2, 0.25) is 0 Å². The molecule has 1 aliphatic carbocycles. The second kappa shape index (κ2) is 4.89. The molecule has 1 aromatic carbocycles. The summed E-state index contributed by atoms with van der Waals surface area (Å²) >= 11 is 3.25. The minimum absolute atomic E-state index is 0.133. The number of amides is 1. The van der Waals surface area contributed by atoms with E-state index >= 15 is 0 Å². The van der Waals surface area contributed by atoms with Gasteiger partial charge in [0.05, 0.1) is 11.1 Å². The summed E-state index contributed by atoms with van der Waals surface area (Å²) in [7, 11) is 0. The van der Waals surface area contributed by atoms with Crippen LogP contribution >= 0.6 is 15.9 Å². The van der Waals surface area contributed by atoms with Crippen molar-refractivity contribution < 1.29 is 9.18 Å². The van der Waals surface area contributed by atoms with Gasteiger partial charge >= 0.3 is 0 Å². The van der Waals surface area contributed by atoms with E-state index in [-0.39, 0.29) is 17.1 Å². The lowest BCUT2D eigenvalue weighted by Gasteiger charge is -2.31.